The van der Waals surface area contributed by atoms with Crippen LogP contribution < -0.4 is 0 Å². The Morgan fingerprint density at radius 1 is 1.04 bits per heavy atom. The highest BCUT2D eigenvalue weighted by Crippen LogP contribution is 2.38. The molecule has 2 unspecified atom stereocenters. The fourth-order valence-electron chi connectivity index (χ4n) is 1.38. The van der Waals surface area contributed by atoms with Gasteiger partial charge in [-0.15, -0.1) is 0 Å². The molecule has 0 N–H and O–H groups in total. The second-order valence-corrected chi connectivity index (χ2v) is 4.51. The molecule has 0 spiro atoms. The number of alkyl halides is 6. The zero-order valence-electron chi connectivity index (χ0n) is 12.3. The van der Waals surface area contributed by atoms with Crippen LogP contribution in [0.15, 0.2) is 0 Å². The highest BCUT2D eigenvalue weighted by atomic mass is 19.4. The van der Waals surface area contributed by atoms with E-state index in [1.165, 1.54) is 0 Å². The third-order valence-electron chi connectivity index (χ3n) is 2.60. The standard InChI is InChI=1S/C12H14F6O6/c1-7(3-13)23-9(20)2-11(22-6-19,12(16,17)18)10(21)24-8(4-14)5-15/h6-8H,2-5H2,1H3. The molecule has 0 aliphatic carbocycles. The minimum absolute atomic E-state index is 0.791. The molecule has 0 bridgehead atoms. The van der Waals surface area contributed by atoms with Gasteiger partial charge >= 0.3 is 23.7 Å². The molecular weight excluding hydrogens is 354 g/mol. The van der Waals surface area contributed by atoms with E-state index in [2.05, 4.69) is 14.2 Å². The average molecular weight is 368 g/mol. The predicted molar refractivity (Wildman–Crippen MR) is 63.9 cm³/mol. The van der Waals surface area contributed by atoms with Crippen molar-refractivity contribution in [3.63, 3.8) is 0 Å². The molecule has 0 saturated heterocycles. The van der Waals surface area contributed by atoms with Crippen molar-refractivity contribution < 1.29 is 54.9 Å². The summed E-state index contributed by atoms with van der Waals surface area (Å²) in [4.78, 5) is 33.5. The molecule has 12 heteroatoms. The van der Waals surface area contributed by atoms with Gasteiger partial charge in [-0.25, -0.2) is 18.0 Å². The van der Waals surface area contributed by atoms with Gasteiger partial charge in [0.05, 0.1) is 0 Å². The third-order valence-corrected chi connectivity index (χ3v) is 2.60. The molecule has 0 aromatic rings. The van der Waals surface area contributed by atoms with Gasteiger partial charge in [0.15, 0.2) is 6.10 Å². The van der Waals surface area contributed by atoms with Gasteiger partial charge in [-0.1, -0.05) is 0 Å². The highest BCUT2D eigenvalue weighted by Gasteiger charge is 2.66. The van der Waals surface area contributed by atoms with E-state index >= 15 is 0 Å². The lowest BCUT2D eigenvalue weighted by Crippen LogP contribution is -2.57. The summed E-state index contributed by atoms with van der Waals surface area (Å²) in [5.74, 6) is -4.15. The molecule has 0 heterocycles. The topological polar surface area (TPSA) is 78.9 Å². The van der Waals surface area contributed by atoms with Gasteiger partial charge in [0.1, 0.15) is 32.5 Å². The van der Waals surface area contributed by atoms with Gasteiger partial charge in [-0.05, 0) is 6.92 Å². The Morgan fingerprint density at radius 2 is 1.58 bits per heavy atom. The van der Waals surface area contributed by atoms with Gasteiger partial charge in [0.2, 0.25) is 0 Å². The highest BCUT2D eigenvalue weighted by molar-refractivity contribution is 5.88. The van der Waals surface area contributed by atoms with Crippen molar-refractivity contribution in [3.8, 4) is 0 Å². The Morgan fingerprint density at radius 3 is 1.96 bits per heavy atom. The molecule has 140 valence electrons. The van der Waals surface area contributed by atoms with Gasteiger partial charge in [-0.2, -0.15) is 13.2 Å². The first-order valence-corrected chi connectivity index (χ1v) is 6.34. The van der Waals surface area contributed by atoms with Crippen LogP contribution in [0.3, 0.4) is 0 Å². The van der Waals surface area contributed by atoms with Gasteiger partial charge in [0.25, 0.3) is 6.47 Å². The second kappa shape index (κ2) is 9.33. The van der Waals surface area contributed by atoms with Gasteiger partial charge in [-0.3, -0.25) is 9.59 Å². The molecule has 6 nitrogen and oxygen atoms in total. The molecule has 24 heavy (non-hydrogen) atoms. The number of ether oxygens (including phenoxy) is 3. The van der Waals surface area contributed by atoms with E-state index in [0.717, 1.165) is 6.92 Å². The molecule has 0 aromatic carbocycles. The number of rotatable bonds is 10. The van der Waals surface area contributed by atoms with E-state index in [9.17, 15) is 40.7 Å². The first kappa shape index (κ1) is 22.0. The zero-order valence-corrected chi connectivity index (χ0v) is 12.3. The van der Waals surface area contributed by atoms with Crippen molar-refractivity contribution in [3.05, 3.63) is 0 Å². The molecule has 0 saturated carbocycles. The van der Waals surface area contributed by atoms with Crippen molar-refractivity contribution in [2.24, 2.45) is 0 Å². The van der Waals surface area contributed by atoms with E-state index < -0.39 is 68.8 Å². The van der Waals surface area contributed by atoms with Crippen molar-refractivity contribution in [2.45, 2.75) is 37.3 Å². The van der Waals surface area contributed by atoms with Crippen molar-refractivity contribution in [2.75, 3.05) is 20.0 Å². The number of hydrogen-bond donors (Lipinski definition) is 0. The molecule has 0 radical (unpaired) electrons. The minimum Gasteiger partial charge on any atom is -0.460 e. The van der Waals surface area contributed by atoms with Crippen LogP contribution in [0.4, 0.5) is 26.3 Å². The third kappa shape index (κ3) is 5.57. The molecule has 0 fully saturated rings. The number of carbonyl (C=O) groups excluding carboxylic acids is 3. The van der Waals surface area contributed by atoms with Crippen molar-refractivity contribution >= 4 is 18.4 Å². The fourth-order valence-corrected chi connectivity index (χ4v) is 1.38. The van der Waals surface area contributed by atoms with Crippen LogP contribution >= 0.6 is 0 Å². The molecule has 0 rings (SSSR count). The summed E-state index contributed by atoms with van der Waals surface area (Å²) in [6, 6.07) is 0. The van der Waals surface area contributed by atoms with Gasteiger partial charge < -0.3 is 14.2 Å². The molecule has 0 amide bonds. The van der Waals surface area contributed by atoms with Crippen LogP contribution in [0, 0.1) is 0 Å². The quantitative estimate of drug-likeness (QED) is 0.252. The van der Waals surface area contributed by atoms with E-state index in [-0.39, 0.29) is 0 Å². The Balaban J connectivity index is 5.60. The average Bonchev–Trinajstić information content (AvgIpc) is 2.50. The van der Waals surface area contributed by atoms with E-state index in [0.29, 0.717) is 0 Å². The summed E-state index contributed by atoms with van der Waals surface area (Å²) in [5, 5.41) is 0. The van der Waals surface area contributed by atoms with E-state index in [4.69, 9.17) is 0 Å². The molecule has 0 aliphatic heterocycles. The summed E-state index contributed by atoms with van der Waals surface area (Å²) < 4.78 is 88.4. The normalized spacial score (nSPS) is 15.3. The van der Waals surface area contributed by atoms with Crippen LogP contribution in [-0.2, 0) is 28.6 Å². The fraction of sp³-hybridized carbons (Fsp3) is 0.750. The maximum atomic E-state index is 13.2. The number of halogens is 6. The maximum absolute atomic E-state index is 13.2. The summed E-state index contributed by atoms with van der Waals surface area (Å²) >= 11 is 0. The maximum Gasteiger partial charge on any atom is 0.440 e. The Hall–Kier alpha value is -2.01. The Labute approximate surface area is 132 Å². The Bertz CT molecular complexity index is 438. The molecule has 2 atom stereocenters. The second-order valence-electron chi connectivity index (χ2n) is 4.51. The molecular formula is C12H14F6O6. The predicted octanol–water partition coefficient (Wildman–Crippen LogP) is 1.60. The number of carbonyl (C=O) groups is 3. The van der Waals surface area contributed by atoms with Crippen LogP contribution in [0.5, 0.6) is 0 Å². The van der Waals surface area contributed by atoms with Crippen LogP contribution in [0.2, 0.25) is 0 Å². The van der Waals surface area contributed by atoms with Crippen LogP contribution in [0.1, 0.15) is 13.3 Å². The molecule has 0 aliphatic rings. The lowest BCUT2D eigenvalue weighted by Gasteiger charge is -2.31. The largest absolute Gasteiger partial charge is 0.460 e. The lowest BCUT2D eigenvalue weighted by atomic mass is 9.98. The summed E-state index contributed by atoms with van der Waals surface area (Å²) in [7, 11) is 0. The first-order chi connectivity index (χ1) is 11.1. The smallest absolute Gasteiger partial charge is 0.440 e. The van der Waals surface area contributed by atoms with Crippen molar-refractivity contribution in [1.82, 2.24) is 0 Å². The minimum atomic E-state index is -5.68. The SMILES string of the molecule is CC(CF)OC(=O)CC(OC=O)(C(=O)OC(CF)CF)C(F)(F)F. The van der Waals surface area contributed by atoms with Crippen LogP contribution in [0.25, 0.3) is 0 Å². The van der Waals surface area contributed by atoms with E-state index in [1.807, 2.05) is 0 Å². The van der Waals surface area contributed by atoms with Crippen molar-refractivity contribution in [1.29, 1.82) is 0 Å². The Kier molecular flexibility index (Phi) is 8.54. The monoisotopic (exact) mass is 368 g/mol. The zero-order chi connectivity index (χ0) is 19.0. The van der Waals surface area contributed by atoms with Gasteiger partial charge in [0, 0.05) is 0 Å². The molecule has 0 aromatic heterocycles. The summed E-state index contributed by atoms with van der Waals surface area (Å²) in [5.41, 5.74) is -4.18. The van der Waals surface area contributed by atoms with Crippen LogP contribution in [-0.4, -0.2) is 62.4 Å². The summed E-state index contributed by atoms with van der Waals surface area (Å²) in [6.07, 6.45) is -11.2. The first-order valence-electron chi connectivity index (χ1n) is 6.34. The van der Waals surface area contributed by atoms with E-state index in [1.54, 1.807) is 0 Å². The number of hydrogen-bond acceptors (Lipinski definition) is 6. The lowest BCUT2D eigenvalue weighted by molar-refractivity contribution is -0.271. The number of esters is 2. The summed E-state index contributed by atoms with van der Waals surface area (Å²) in [6.45, 7) is -4.31.